The number of nitrogens with zero attached hydrogens (tertiary/aromatic N) is 1. The second-order valence-corrected chi connectivity index (χ2v) is 9.40. The van der Waals surface area contributed by atoms with E-state index in [1.165, 1.54) is 24.0 Å². The van der Waals surface area contributed by atoms with Crippen LogP contribution in [0.3, 0.4) is 0 Å². The Kier molecular flexibility index (Phi) is 8.72. The average Bonchev–Trinajstić information content (AvgIpc) is 3.16. The monoisotopic (exact) mass is 500 g/mol. The summed E-state index contributed by atoms with van der Waals surface area (Å²) in [6.45, 7) is 6.32. The standard InChI is InChI=1S/C26H28N2O4S.ClH/c1-17(2)32-20-11-9-19(10-12-20)24(29)27-25-23(26(30)31-3)21-13-14-28(16-22(21)33-25)15-18-7-5-4-6-8-18;/h4-12,17H,13-16H2,1-3H3,(H,27,29);1H. The molecule has 2 heterocycles. The lowest BCUT2D eigenvalue weighted by Crippen LogP contribution is -2.29. The molecule has 1 amide bonds. The highest BCUT2D eigenvalue weighted by molar-refractivity contribution is 7.17. The molecule has 0 spiro atoms. The summed E-state index contributed by atoms with van der Waals surface area (Å²) in [7, 11) is 1.37. The van der Waals surface area contributed by atoms with Crippen LogP contribution >= 0.6 is 23.7 Å². The number of nitrogens with one attached hydrogen (secondary N) is 1. The van der Waals surface area contributed by atoms with Gasteiger partial charge in [-0.3, -0.25) is 9.69 Å². The molecule has 1 aliphatic rings. The Labute approximate surface area is 210 Å². The van der Waals surface area contributed by atoms with E-state index < -0.39 is 5.97 Å². The van der Waals surface area contributed by atoms with Gasteiger partial charge in [-0.05, 0) is 55.7 Å². The van der Waals surface area contributed by atoms with Gasteiger partial charge in [0.1, 0.15) is 10.8 Å². The van der Waals surface area contributed by atoms with Gasteiger partial charge in [0.05, 0.1) is 18.8 Å². The molecule has 0 bridgehead atoms. The van der Waals surface area contributed by atoms with E-state index in [0.717, 1.165) is 36.5 Å². The first-order valence-corrected chi connectivity index (χ1v) is 11.8. The summed E-state index contributed by atoms with van der Waals surface area (Å²) in [6, 6.07) is 17.3. The summed E-state index contributed by atoms with van der Waals surface area (Å²) in [5.74, 6) is 0.0258. The normalized spacial score (nSPS) is 13.1. The van der Waals surface area contributed by atoms with Gasteiger partial charge in [0, 0.05) is 30.1 Å². The van der Waals surface area contributed by atoms with Crippen molar-refractivity contribution in [3.8, 4) is 5.75 Å². The molecule has 34 heavy (non-hydrogen) atoms. The van der Waals surface area contributed by atoms with Crippen LogP contribution in [0.5, 0.6) is 5.75 Å². The molecule has 1 aromatic heterocycles. The summed E-state index contributed by atoms with van der Waals surface area (Å²) in [4.78, 5) is 29.0. The third kappa shape index (κ3) is 5.97. The second-order valence-electron chi connectivity index (χ2n) is 8.29. The summed E-state index contributed by atoms with van der Waals surface area (Å²) in [5.41, 5.74) is 3.21. The molecule has 2 aromatic carbocycles. The minimum absolute atomic E-state index is 0. The number of hydrogen-bond donors (Lipinski definition) is 1. The first kappa shape index (κ1) is 25.7. The fourth-order valence-corrected chi connectivity index (χ4v) is 5.24. The molecule has 180 valence electrons. The van der Waals surface area contributed by atoms with Gasteiger partial charge in [-0.15, -0.1) is 23.7 Å². The molecule has 1 aliphatic heterocycles. The number of carbonyl (C=O) groups is 2. The van der Waals surface area contributed by atoms with Crippen molar-refractivity contribution in [3.05, 3.63) is 81.7 Å². The molecule has 1 N–H and O–H groups in total. The van der Waals surface area contributed by atoms with E-state index in [2.05, 4.69) is 22.3 Å². The van der Waals surface area contributed by atoms with Gasteiger partial charge in [-0.25, -0.2) is 4.79 Å². The summed E-state index contributed by atoms with van der Waals surface area (Å²) >= 11 is 1.46. The minimum atomic E-state index is -0.417. The lowest BCUT2D eigenvalue weighted by Gasteiger charge is -2.27. The van der Waals surface area contributed by atoms with E-state index in [1.807, 2.05) is 32.0 Å². The summed E-state index contributed by atoms with van der Waals surface area (Å²) in [6.07, 6.45) is 0.798. The quantitative estimate of drug-likeness (QED) is 0.430. The van der Waals surface area contributed by atoms with Crippen molar-refractivity contribution in [2.45, 2.75) is 39.5 Å². The lowest BCUT2D eigenvalue weighted by molar-refractivity contribution is 0.0600. The fraction of sp³-hybridized carbons (Fsp3) is 0.308. The number of amides is 1. The Morgan fingerprint density at radius 1 is 1.09 bits per heavy atom. The van der Waals surface area contributed by atoms with Gasteiger partial charge in [0.15, 0.2) is 0 Å². The number of thiophene rings is 1. The van der Waals surface area contributed by atoms with Gasteiger partial charge in [0.25, 0.3) is 5.91 Å². The van der Waals surface area contributed by atoms with E-state index in [1.54, 1.807) is 24.3 Å². The molecule has 0 atom stereocenters. The number of benzene rings is 2. The summed E-state index contributed by atoms with van der Waals surface area (Å²) in [5, 5.41) is 3.49. The first-order valence-electron chi connectivity index (χ1n) is 11.0. The maximum absolute atomic E-state index is 12.9. The lowest BCUT2D eigenvalue weighted by atomic mass is 10.0. The van der Waals surface area contributed by atoms with Crippen LogP contribution < -0.4 is 10.1 Å². The van der Waals surface area contributed by atoms with Crippen LogP contribution in [0.25, 0.3) is 0 Å². The molecule has 6 nitrogen and oxygen atoms in total. The third-order valence-electron chi connectivity index (χ3n) is 5.49. The highest BCUT2D eigenvalue weighted by Crippen LogP contribution is 2.38. The number of anilines is 1. The van der Waals surface area contributed by atoms with Crippen LogP contribution in [-0.2, 0) is 24.2 Å². The Morgan fingerprint density at radius 2 is 1.79 bits per heavy atom. The van der Waals surface area contributed by atoms with Crippen molar-refractivity contribution in [2.24, 2.45) is 0 Å². The number of methoxy groups -OCH3 is 1. The molecule has 4 rings (SSSR count). The average molecular weight is 501 g/mol. The topological polar surface area (TPSA) is 67.9 Å². The Morgan fingerprint density at radius 3 is 2.44 bits per heavy atom. The van der Waals surface area contributed by atoms with Crippen molar-refractivity contribution >= 4 is 40.6 Å². The van der Waals surface area contributed by atoms with Crippen molar-refractivity contribution < 1.29 is 19.1 Å². The Hall–Kier alpha value is -2.87. The van der Waals surface area contributed by atoms with Crippen LogP contribution in [0.1, 0.15) is 50.6 Å². The van der Waals surface area contributed by atoms with Crippen molar-refractivity contribution in [1.82, 2.24) is 4.90 Å². The molecule has 0 unspecified atom stereocenters. The fourth-order valence-electron chi connectivity index (χ4n) is 3.97. The minimum Gasteiger partial charge on any atom is -0.491 e. The number of fused-ring (bicyclic) bond motifs is 1. The first-order chi connectivity index (χ1) is 15.9. The molecule has 0 saturated carbocycles. The Balaban J connectivity index is 0.00000324. The molecule has 8 heteroatoms. The predicted octanol–water partition coefficient (Wildman–Crippen LogP) is 5.55. The van der Waals surface area contributed by atoms with Crippen molar-refractivity contribution in [2.75, 3.05) is 19.0 Å². The largest absolute Gasteiger partial charge is 0.491 e. The van der Waals surface area contributed by atoms with Gasteiger partial charge in [0.2, 0.25) is 0 Å². The van der Waals surface area contributed by atoms with E-state index in [9.17, 15) is 9.59 Å². The smallest absolute Gasteiger partial charge is 0.341 e. The van der Waals surface area contributed by atoms with Gasteiger partial charge in [-0.2, -0.15) is 0 Å². The number of hydrogen-bond acceptors (Lipinski definition) is 6. The zero-order chi connectivity index (χ0) is 23.4. The maximum Gasteiger partial charge on any atom is 0.341 e. The Bertz CT molecular complexity index is 1130. The third-order valence-corrected chi connectivity index (χ3v) is 6.62. The van der Waals surface area contributed by atoms with E-state index in [0.29, 0.717) is 21.9 Å². The number of rotatable bonds is 7. The van der Waals surface area contributed by atoms with E-state index in [4.69, 9.17) is 9.47 Å². The SMILES string of the molecule is COC(=O)c1c(NC(=O)c2ccc(OC(C)C)cc2)sc2c1CCN(Cc1ccccc1)C2.Cl. The van der Waals surface area contributed by atoms with E-state index >= 15 is 0 Å². The molecule has 0 fully saturated rings. The molecule has 3 aromatic rings. The van der Waals surface area contributed by atoms with Gasteiger partial charge >= 0.3 is 5.97 Å². The zero-order valence-electron chi connectivity index (χ0n) is 19.5. The summed E-state index contributed by atoms with van der Waals surface area (Å²) < 4.78 is 10.7. The molecule has 0 aliphatic carbocycles. The van der Waals surface area contributed by atoms with Gasteiger partial charge < -0.3 is 14.8 Å². The van der Waals surface area contributed by atoms with E-state index in [-0.39, 0.29) is 24.4 Å². The zero-order valence-corrected chi connectivity index (χ0v) is 21.1. The highest BCUT2D eigenvalue weighted by atomic mass is 35.5. The molecule has 0 radical (unpaired) electrons. The number of carbonyl (C=O) groups excluding carboxylic acids is 2. The van der Waals surface area contributed by atoms with Crippen LogP contribution in [0.15, 0.2) is 54.6 Å². The molecule has 0 saturated heterocycles. The molecular weight excluding hydrogens is 472 g/mol. The predicted molar refractivity (Wildman–Crippen MR) is 137 cm³/mol. The number of halogens is 1. The highest BCUT2D eigenvalue weighted by Gasteiger charge is 2.29. The number of esters is 1. The van der Waals surface area contributed by atoms with Crippen LogP contribution in [0, 0.1) is 0 Å². The van der Waals surface area contributed by atoms with Crippen LogP contribution in [-0.4, -0.2) is 36.5 Å². The second kappa shape index (κ2) is 11.5. The van der Waals surface area contributed by atoms with Gasteiger partial charge in [-0.1, -0.05) is 30.3 Å². The number of ether oxygens (including phenoxy) is 2. The van der Waals surface area contributed by atoms with Crippen molar-refractivity contribution in [3.63, 3.8) is 0 Å². The maximum atomic E-state index is 12.9. The van der Waals surface area contributed by atoms with Crippen LogP contribution in [0.2, 0.25) is 0 Å². The van der Waals surface area contributed by atoms with Crippen molar-refractivity contribution in [1.29, 1.82) is 0 Å². The van der Waals surface area contributed by atoms with Crippen LogP contribution in [0.4, 0.5) is 5.00 Å². The molecular formula is C26H29ClN2O4S.